The van der Waals surface area contributed by atoms with Crippen molar-refractivity contribution >= 4 is 23.4 Å². The highest BCUT2D eigenvalue weighted by Gasteiger charge is 2.30. The van der Waals surface area contributed by atoms with Crippen molar-refractivity contribution in [2.75, 3.05) is 5.32 Å². The number of alkyl halides is 3. The number of aromatic nitrogens is 1. The zero-order chi connectivity index (χ0) is 17.0. The van der Waals surface area contributed by atoms with Gasteiger partial charge in [0.15, 0.2) is 0 Å². The van der Waals surface area contributed by atoms with Crippen LogP contribution in [0.5, 0.6) is 0 Å². The monoisotopic (exact) mass is 340 g/mol. The lowest BCUT2D eigenvalue weighted by Crippen LogP contribution is -2.22. The van der Waals surface area contributed by atoms with Crippen molar-refractivity contribution in [2.45, 2.75) is 30.3 Å². The summed E-state index contributed by atoms with van der Waals surface area (Å²) in [7, 11) is 0. The maximum Gasteiger partial charge on any atom is 0.417 e. The van der Waals surface area contributed by atoms with Crippen molar-refractivity contribution in [3.05, 3.63) is 53.7 Å². The predicted octanol–water partition coefficient (Wildman–Crippen LogP) is 4.53. The molecule has 1 atom stereocenters. The van der Waals surface area contributed by atoms with E-state index >= 15 is 0 Å². The number of nitrogens with one attached hydrogen (secondary N) is 1. The van der Waals surface area contributed by atoms with E-state index in [4.69, 9.17) is 0 Å². The molecule has 7 heteroatoms. The molecule has 1 aromatic carbocycles. The molecule has 0 fully saturated rings. The third-order valence-electron chi connectivity index (χ3n) is 3.13. The smallest absolute Gasteiger partial charge is 0.325 e. The SMILES string of the molecule is Cc1ccccc1NC(=O)[C@H](C)Sc1ccc(C(F)(F)F)cn1. The summed E-state index contributed by atoms with van der Waals surface area (Å²) in [5.74, 6) is -0.231. The van der Waals surface area contributed by atoms with Gasteiger partial charge in [-0.3, -0.25) is 4.79 Å². The molecule has 1 N–H and O–H groups in total. The van der Waals surface area contributed by atoms with Gasteiger partial charge in [-0.25, -0.2) is 4.98 Å². The summed E-state index contributed by atoms with van der Waals surface area (Å²) < 4.78 is 37.4. The van der Waals surface area contributed by atoms with Gasteiger partial charge in [0, 0.05) is 11.9 Å². The first kappa shape index (κ1) is 17.3. The van der Waals surface area contributed by atoms with Crippen LogP contribution in [-0.2, 0) is 11.0 Å². The Morgan fingerprint density at radius 1 is 1.22 bits per heavy atom. The van der Waals surface area contributed by atoms with E-state index in [1.807, 2.05) is 25.1 Å². The van der Waals surface area contributed by atoms with E-state index in [0.29, 0.717) is 10.7 Å². The summed E-state index contributed by atoms with van der Waals surface area (Å²) in [5.41, 5.74) is 0.842. The van der Waals surface area contributed by atoms with Crippen molar-refractivity contribution < 1.29 is 18.0 Å². The molecule has 0 bridgehead atoms. The second-order valence-electron chi connectivity index (χ2n) is 4.95. The van der Waals surface area contributed by atoms with Gasteiger partial charge in [0.25, 0.3) is 0 Å². The molecule has 0 aliphatic carbocycles. The molecule has 1 heterocycles. The summed E-state index contributed by atoms with van der Waals surface area (Å²) in [6, 6.07) is 9.59. The highest BCUT2D eigenvalue weighted by atomic mass is 32.2. The number of carbonyl (C=O) groups excluding carboxylic acids is 1. The predicted molar refractivity (Wildman–Crippen MR) is 84.4 cm³/mol. The van der Waals surface area contributed by atoms with Crippen LogP contribution in [0.25, 0.3) is 0 Å². The molecule has 2 rings (SSSR count). The van der Waals surface area contributed by atoms with Crippen LogP contribution in [0.1, 0.15) is 18.1 Å². The van der Waals surface area contributed by atoms with E-state index < -0.39 is 17.0 Å². The topological polar surface area (TPSA) is 42.0 Å². The Balaban J connectivity index is 2.00. The fourth-order valence-corrected chi connectivity index (χ4v) is 2.59. The maximum absolute atomic E-state index is 12.5. The van der Waals surface area contributed by atoms with Crippen molar-refractivity contribution in [1.29, 1.82) is 0 Å². The molecule has 0 unspecified atom stereocenters. The minimum atomic E-state index is -4.41. The van der Waals surface area contributed by atoms with Crippen LogP contribution in [0.15, 0.2) is 47.6 Å². The van der Waals surface area contributed by atoms with Gasteiger partial charge in [-0.1, -0.05) is 30.0 Å². The third-order valence-corrected chi connectivity index (χ3v) is 4.18. The van der Waals surface area contributed by atoms with Gasteiger partial charge >= 0.3 is 6.18 Å². The number of carbonyl (C=O) groups is 1. The number of amides is 1. The maximum atomic E-state index is 12.5. The summed E-state index contributed by atoms with van der Waals surface area (Å²) in [5, 5.41) is 2.68. The minimum absolute atomic E-state index is 0.231. The molecule has 0 aliphatic rings. The Morgan fingerprint density at radius 3 is 2.48 bits per heavy atom. The normalized spacial score (nSPS) is 12.7. The molecule has 2 aromatic rings. The zero-order valence-corrected chi connectivity index (χ0v) is 13.3. The van der Waals surface area contributed by atoms with E-state index in [1.54, 1.807) is 13.0 Å². The molecule has 122 valence electrons. The minimum Gasteiger partial charge on any atom is -0.325 e. The fourth-order valence-electron chi connectivity index (χ4n) is 1.80. The van der Waals surface area contributed by atoms with E-state index in [1.165, 1.54) is 6.07 Å². The quantitative estimate of drug-likeness (QED) is 0.832. The van der Waals surface area contributed by atoms with E-state index in [0.717, 1.165) is 29.6 Å². The van der Waals surface area contributed by atoms with Crippen LogP contribution >= 0.6 is 11.8 Å². The molecule has 1 aromatic heterocycles. The van der Waals surface area contributed by atoms with Crippen LogP contribution in [-0.4, -0.2) is 16.1 Å². The van der Waals surface area contributed by atoms with Crippen molar-refractivity contribution in [3.8, 4) is 0 Å². The van der Waals surface area contributed by atoms with Gasteiger partial charge in [0.2, 0.25) is 5.91 Å². The van der Waals surface area contributed by atoms with Gasteiger partial charge in [-0.2, -0.15) is 13.2 Å². The molecule has 0 radical (unpaired) electrons. The van der Waals surface area contributed by atoms with Crippen LogP contribution in [0.4, 0.5) is 18.9 Å². The number of nitrogens with zero attached hydrogens (tertiary/aromatic N) is 1. The Bertz CT molecular complexity index is 686. The number of rotatable bonds is 4. The number of pyridine rings is 1. The Morgan fingerprint density at radius 2 is 1.91 bits per heavy atom. The lowest BCUT2D eigenvalue weighted by Gasteiger charge is -2.13. The molecular weight excluding hydrogens is 325 g/mol. The second-order valence-corrected chi connectivity index (χ2v) is 6.31. The second kappa shape index (κ2) is 7.04. The Kier molecular flexibility index (Phi) is 5.30. The van der Waals surface area contributed by atoms with Crippen LogP contribution in [0, 0.1) is 6.92 Å². The molecule has 0 aliphatic heterocycles. The first-order valence-electron chi connectivity index (χ1n) is 6.84. The number of halogens is 3. The number of anilines is 1. The molecule has 23 heavy (non-hydrogen) atoms. The van der Waals surface area contributed by atoms with Crippen molar-refractivity contribution in [3.63, 3.8) is 0 Å². The number of benzene rings is 1. The lowest BCUT2D eigenvalue weighted by atomic mass is 10.2. The third kappa shape index (κ3) is 4.72. The lowest BCUT2D eigenvalue weighted by molar-refractivity contribution is -0.137. The summed E-state index contributed by atoms with van der Waals surface area (Å²) in [6.07, 6.45) is -3.64. The highest BCUT2D eigenvalue weighted by molar-refractivity contribution is 8.00. The van der Waals surface area contributed by atoms with Gasteiger partial charge < -0.3 is 5.32 Å². The van der Waals surface area contributed by atoms with Crippen LogP contribution in [0.3, 0.4) is 0 Å². The first-order chi connectivity index (χ1) is 10.8. The first-order valence-corrected chi connectivity index (χ1v) is 7.72. The van der Waals surface area contributed by atoms with E-state index in [9.17, 15) is 18.0 Å². The molecule has 1 amide bonds. The molecule has 0 saturated heterocycles. The number of hydrogen-bond acceptors (Lipinski definition) is 3. The van der Waals surface area contributed by atoms with Gasteiger partial charge in [0.1, 0.15) is 0 Å². The van der Waals surface area contributed by atoms with Gasteiger partial charge in [-0.05, 0) is 37.6 Å². The summed E-state index contributed by atoms with van der Waals surface area (Å²) >= 11 is 1.11. The van der Waals surface area contributed by atoms with E-state index in [-0.39, 0.29) is 5.91 Å². The zero-order valence-electron chi connectivity index (χ0n) is 12.5. The fraction of sp³-hybridized carbons (Fsp3) is 0.250. The van der Waals surface area contributed by atoms with Crippen molar-refractivity contribution in [1.82, 2.24) is 4.98 Å². The molecule has 3 nitrogen and oxygen atoms in total. The molecule has 0 saturated carbocycles. The van der Waals surface area contributed by atoms with Crippen LogP contribution < -0.4 is 5.32 Å². The van der Waals surface area contributed by atoms with Gasteiger partial charge in [0.05, 0.1) is 15.8 Å². The summed E-state index contributed by atoms with van der Waals surface area (Å²) in [4.78, 5) is 15.9. The largest absolute Gasteiger partial charge is 0.417 e. The standard InChI is InChI=1S/C16H15F3N2OS/c1-10-5-3-4-6-13(10)21-15(22)11(2)23-14-8-7-12(9-20-14)16(17,18)19/h3-9,11H,1-2H3,(H,21,22)/t11-/m0/s1. The van der Waals surface area contributed by atoms with E-state index in [2.05, 4.69) is 10.3 Å². The molecular formula is C16H15F3N2OS. The van der Waals surface area contributed by atoms with Gasteiger partial charge in [-0.15, -0.1) is 0 Å². The van der Waals surface area contributed by atoms with Crippen LogP contribution in [0.2, 0.25) is 0 Å². The number of aryl methyl sites for hydroxylation is 1. The Labute approximate surface area is 136 Å². The number of thioether (sulfide) groups is 1. The average molecular weight is 340 g/mol. The molecule has 0 spiro atoms. The Hall–Kier alpha value is -2.02. The number of hydrogen-bond donors (Lipinski definition) is 1. The average Bonchev–Trinajstić information content (AvgIpc) is 2.49. The van der Waals surface area contributed by atoms with Crippen molar-refractivity contribution in [2.24, 2.45) is 0 Å². The summed E-state index contributed by atoms with van der Waals surface area (Å²) in [6.45, 7) is 3.56. The highest BCUT2D eigenvalue weighted by Crippen LogP contribution is 2.30. The number of para-hydroxylation sites is 1.